The van der Waals surface area contributed by atoms with E-state index in [0.29, 0.717) is 0 Å². The van der Waals surface area contributed by atoms with Crippen LogP contribution in [0.3, 0.4) is 0 Å². The first kappa shape index (κ1) is 12.8. The molecule has 0 aromatic heterocycles. The van der Waals surface area contributed by atoms with Crippen molar-refractivity contribution in [3.63, 3.8) is 0 Å². The standard InChI is InChI=1S/C9H10F2N2.ClH/c10-7-2-3-8(11)6(5-7)1-4-9(12)13;/h2-3,5H,1,4H2,(H3,12,13);1H. The van der Waals surface area contributed by atoms with E-state index in [4.69, 9.17) is 11.1 Å². The Hall–Kier alpha value is -1.16. The van der Waals surface area contributed by atoms with Gasteiger partial charge in [0.05, 0.1) is 5.84 Å². The number of halogens is 3. The summed E-state index contributed by atoms with van der Waals surface area (Å²) in [5.74, 6) is -0.953. The predicted molar refractivity (Wildman–Crippen MR) is 53.8 cm³/mol. The Morgan fingerprint density at radius 1 is 1.36 bits per heavy atom. The van der Waals surface area contributed by atoms with Crippen molar-refractivity contribution in [1.29, 1.82) is 5.41 Å². The average Bonchev–Trinajstić information content (AvgIpc) is 2.06. The van der Waals surface area contributed by atoms with Gasteiger partial charge in [0.15, 0.2) is 0 Å². The van der Waals surface area contributed by atoms with Crippen molar-refractivity contribution >= 4 is 18.2 Å². The van der Waals surface area contributed by atoms with Crippen LogP contribution in [0.2, 0.25) is 0 Å². The van der Waals surface area contributed by atoms with Crippen LogP contribution in [0.1, 0.15) is 12.0 Å². The van der Waals surface area contributed by atoms with Gasteiger partial charge in [-0.25, -0.2) is 8.78 Å². The lowest BCUT2D eigenvalue weighted by molar-refractivity contribution is 0.585. The van der Waals surface area contributed by atoms with Crippen LogP contribution >= 0.6 is 12.4 Å². The highest BCUT2D eigenvalue weighted by Crippen LogP contribution is 2.11. The third kappa shape index (κ3) is 3.70. The maximum Gasteiger partial charge on any atom is 0.126 e. The van der Waals surface area contributed by atoms with E-state index in [1.807, 2.05) is 0 Å². The number of amidine groups is 1. The van der Waals surface area contributed by atoms with E-state index in [1.165, 1.54) is 0 Å². The van der Waals surface area contributed by atoms with Gasteiger partial charge in [0.2, 0.25) is 0 Å². The molecule has 0 bridgehead atoms. The normalized spacial score (nSPS) is 9.29. The van der Waals surface area contributed by atoms with E-state index >= 15 is 0 Å². The number of hydrogen-bond acceptors (Lipinski definition) is 1. The van der Waals surface area contributed by atoms with Gasteiger partial charge >= 0.3 is 0 Å². The molecule has 5 heteroatoms. The average molecular weight is 221 g/mol. The molecule has 0 saturated heterocycles. The van der Waals surface area contributed by atoms with Crippen LogP contribution in [0.5, 0.6) is 0 Å². The number of benzene rings is 1. The van der Waals surface area contributed by atoms with Crippen molar-refractivity contribution < 1.29 is 8.78 Å². The number of rotatable bonds is 3. The third-order valence-corrected chi connectivity index (χ3v) is 1.67. The minimum absolute atomic E-state index is 0. The molecule has 1 rings (SSSR count). The van der Waals surface area contributed by atoms with Crippen molar-refractivity contribution in [2.45, 2.75) is 12.8 Å². The summed E-state index contributed by atoms with van der Waals surface area (Å²) in [6.07, 6.45) is 0.513. The topological polar surface area (TPSA) is 49.9 Å². The number of nitrogens with one attached hydrogen (secondary N) is 1. The molecule has 1 aromatic rings. The van der Waals surface area contributed by atoms with Gasteiger partial charge in [-0.15, -0.1) is 12.4 Å². The Bertz CT molecular complexity index is 329. The SMILES string of the molecule is Cl.N=C(N)CCc1cc(F)ccc1F. The molecule has 0 fully saturated rings. The first-order chi connectivity index (χ1) is 6.09. The lowest BCUT2D eigenvalue weighted by Gasteiger charge is -2.01. The van der Waals surface area contributed by atoms with Crippen molar-refractivity contribution in [2.75, 3.05) is 0 Å². The second kappa shape index (κ2) is 5.54. The molecular weight excluding hydrogens is 210 g/mol. The molecule has 0 aliphatic rings. The molecule has 0 atom stereocenters. The van der Waals surface area contributed by atoms with Gasteiger partial charge < -0.3 is 5.73 Å². The summed E-state index contributed by atoms with van der Waals surface area (Å²) in [5.41, 5.74) is 5.35. The monoisotopic (exact) mass is 220 g/mol. The van der Waals surface area contributed by atoms with Crippen molar-refractivity contribution in [2.24, 2.45) is 5.73 Å². The van der Waals surface area contributed by atoms with Crippen LogP contribution < -0.4 is 5.73 Å². The van der Waals surface area contributed by atoms with E-state index < -0.39 is 11.6 Å². The summed E-state index contributed by atoms with van der Waals surface area (Å²) < 4.78 is 25.6. The second-order valence-corrected chi connectivity index (χ2v) is 2.76. The fourth-order valence-electron chi connectivity index (χ4n) is 1.00. The van der Waals surface area contributed by atoms with E-state index in [0.717, 1.165) is 18.2 Å². The lowest BCUT2D eigenvalue weighted by Crippen LogP contribution is -2.10. The van der Waals surface area contributed by atoms with Crippen LogP contribution in [0.25, 0.3) is 0 Å². The molecule has 0 spiro atoms. The molecule has 2 nitrogen and oxygen atoms in total. The summed E-state index contributed by atoms with van der Waals surface area (Å²) in [7, 11) is 0. The maximum absolute atomic E-state index is 12.9. The summed E-state index contributed by atoms with van der Waals surface area (Å²) in [4.78, 5) is 0. The highest BCUT2D eigenvalue weighted by molar-refractivity contribution is 5.85. The highest BCUT2D eigenvalue weighted by Gasteiger charge is 2.03. The van der Waals surface area contributed by atoms with Gasteiger partial charge in [-0.1, -0.05) is 0 Å². The number of hydrogen-bond donors (Lipinski definition) is 2. The minimum Gasteiger partial charge on any atom is -0.388 e. The van der Waals surface area contributed by atoms with Crippen LogP contribution in [-0.4, -0.2) is 5.84 Å². The smallest absolute Gasteiger partial charge is 0.126 e. The molecule has 3 N–H and O–H groups in total. The van der Waals surface area contributed by atoms with Gasteiger partial charge in [0, 0.05) is 6.42 Å². The molecule has 0 aliphatic heterocycles. The molecule has 0 heterocycles. The van der Waals surface area contributed by atoms with E-state index in [9.17, 15) is 8.78 Å². The molecular formula is C9H11ClF2N2. The van der Waals surface area contributed by atoms with E-state index in [2.05, 4.69) is 0 Å². The Labute approximate surface area is 87.0 Å². The summed E-state index contributed by atoms with van der Waals surface area (Å²) >= 11 is 0. The first-order valence-corrected chi connectivity index (χ1v) is 3.86. The first-order valence-electron chi connectivity index (χ1n) is 3.86. The zero-order valence-electron chi connectivity index (χ0n) is 7.39. The van der Waals surface area contributed by atoms with Crippen LogP contribution in [-0.2, 0) is 6.42 Å². The minimum atomic E-state index is -0.472. The Morgan fingerprint density at radius 3 is 2.57 bits per heavy atom. The molecule has 0 unspecified atom stereocenters. The van der Waals surface area contributed by atoms with Crippen LogP contribution in [0, 0.1) is 17.0 Å². The zero-order valence-corrected chi connectivity index (χ0v) is 8.20. The molecule has 0 saturated carbocycles. The van der Waals surface area contributed by atoms with Crippen molar-refractivity contribution in [1.82, 2.24) is 0 Å². The summed E-state index contributed by atoms with van der Waals surface area (Å²) in [6, 6.07) is 3.26. The number of nitrogens with two attached hydrogens (primary N) is 1. The second-order valence-electron chi connectivity index (χ2n) is 2.76. The molecule has 1 aromatic carbocycles. The molecule has 0 radical (unpaired) electrons. The van der Waals surface area contributed by atoms with Crippen LogP contribution in [0.4, 0.5) is 8.78 Å². The van der Waals surface area contributed by atoms with Gasteiger partial charge in [-0.05, 0) is 30.2 Å². The largest absolute Gasteiger partial charge is 0.388 e. The number of aryl methyl sites for hydroxylation is 1. The fraction of sp³-hybridized carbons (Fsp3) is 0.222. The molecule has 78 valence electrons. The maximum atomic E-state index is 12.9. The third-order valence-electron chi connectivity index (χ3n) is 1.67. The van der Waals surface area contributed by atoms with Gasteiger partial charge in [-0.3, -0.25) is 5.41 Å². The Morgan fingerprint density at radius 2 is 2.00 bits per heavy atom. The molecule has 0 amide bonds. The van der Waals surface area contributed by atoms with Crippen LogP contribution in [0.15, 0.2) is 18.2 Å². The van der Waals surface area contributed by atoms with Crippen molar-refractivity contribution in [3.8, 4) is 0 Å². The van der Waals surface area contributed by atoms with Gasteiger partial charge in [-0.2, -0.15) is 0 Å². The lowest BCUT2D eigenvalue weighted by atomic mass is 10.1. The highest BCUT2D eigenvalue weighted by atomic mass is 35.5. The fourth-order valence-corrected chi connectivity index (χ4v) is 1.00. The predicted octanol–water partition coefficient (Wildman–Crippen LogP) is 2.26. The summed E-state index contributed by atoms with van der Waals surface area (Å²) in [5, 5.41) is 6.93. The quantitative estimate of drug-likeness (QED) is 0.596. The van der Waals surface area contributed by atoms with E-state index in [-0.39, 0.29) is 36.6 Å². The van der Waals surface area contributed by atoms with E-state index in [1.54, 1.807) is 0 Å². The van der Waals surface area contributed by atoms with Crippen molar-refractivity contribution in [3.05, 3.63) is 35.4 Å². The van der Waals surface area contributed by atoms with Gasteiger partial charge in [0.1, 0.15) is 11.6 Å². The molecule has 0 aliphatic carbocycles. The molecule has 14 heavy (non-hydrogen) atoms. The van der Waals surface area contributed by atoms with Gasteiger partial charge in [0.25, 0.3) is 0 Å². The summed E-state index contributed by atoms with van der Waals surface area (Å²) in [6.45, 7) is 0. The Kier molecular flexibility index (Phi) is 5.09. The Balaban J connectivity index is 0.00000169. The zero-order chi connectivity index (χ0) is 9.84.